The Balaban J connectivity index is 1.95. The fourth-order valence-corrected chi connectivity index (χ4v) is 2.46. The first-order chi connectivity index (χ1) is 9.53. The van der Waals surface area contributed by atoms with Gasteiger partial charge in [0.2, 0.25) is 18.2 Å². The van der Waals surface area contributed by atoms with Gasteiger partial charge in [0.15, 0.2) is 0 Å². The Hall–Kier alpha value is -1.59. The molecule has 6 heteroatoms. The molecule has 0 radical (unpaired) electrons. The second-order valence-electron chi connectivity index (χ2n) is 5.80. The normalized spacial score (nSPS) is 22.1. The minimum Gasteiger partial charge on any atom is -0.353 e. The summed E-state index contributed by atoms with van der Waals surface area (Å²) in [6.45, 7) is 6.11. The number of nitrogens with zero attached hydrogens (tertiary/aromatic N) is 2. The molecule has 2 aliphatic rings. The molecule has 1 heterocycles. The highest BCUT2D eigenvalue weighted by molar-refractivity contribution is 6.08. The van der Waals surface area contributed by atoms with E-state index in [1.54, 1.807) is 9.80 Å². The average Bonchev–Trinajstić information content (AvgIpc) is 3.28. The van der Waals surface area contributed by atoms with Crippen LogP contribution in [0.5, 0.6) is 0 Å². The van der Waals surface area contributed by atoms with E-state index in [9.17, 15) is 14.4 Å². The lowest BCUT2D eigenvalue weighted by Crippen LogP contribution is -2.53. The van der Waals surface area contributed by atoms with Gasteiger partial charge in [-0.2, -0.15) is 0 Å². The van der Waals surface area contributed by atoms with Crippen molar-refractivity contribution in [2.75, 3.05) is 26.2 Å². The van der Waals surface area contributed by atoms with Gasteiger partial charge in [-0.3, -0.25) is 14.4 Å². The van der Waals surface area contributed by atoms with Crippen molar-refractivity contribution in [3.63, 3.8) is 0 Å². The van der Waals surface area contributed by atoms with Crippen LogP contribution in [0, 0.1) is 5.41 Å². The van der Waals surface area contributed by atoms with E-state index in [-0.39, 0.29) is 17.9 Å². The zero-order valence-corrected chi connectivity index (χ0v) is 12.2. The fraction of sp³-hybridized carbons (Fsp3) is 0.786. The monoisotopic (exact) mass is 281 g/mol. The number of piperazine rings is 1. The van der Waals surface area contributed by atoms with E-state index < -0.39 is 5.41 Å². The molecule has 1 aliphatic heterocycles. The van der Waals surface area contributed by atoms with Gasteiger partial charge in [0.1, 0.15) is 5.41 Å². The molecule has 1 saturated heterocycles. The molecule has 3 amide bonds. The van der Waals surface area contributed by atoms with Crippen molar-refractivity contribution in [1.82, 2.24) is 15.1 Å². The van der Waals surface area contributed by atoms with Gasteiger partial charge in [-0.15, -0.1) is 0 Å². The fourth-order valence-electron chi connectivity index (χ4n) is 2.46. The van der Waals surface area contributed by atoms with Crippen molar-refractivity contribution in [2.45, 2.75) is 39.2 Å². The van der Waals surface area contributed by atoms with Crippen molar-refractivity contribution in [2.24, 2.45) is 5.41 Å². The first-order valence-electron chi connectivity index (χ1n) is 7.33. The molecule has 0 bridgehead atoms. The Labute approximate surface area is 119 Å². The number of carbonyl (C=O) groups excluding carboxylic acids is 3. The van der Waals surface area contributed by atoms with E-state index in [0.29, 0.717) is 39.0 Å². The van der Waals surface area contributed by atoms with Crippen molar-refractivity contribution in [3.8, 4) is 0 Å². The Morgan fingerprint density at radius 3 is 2.30 bits per heavy atom. The summed E-state index contributed by atoms with van der Waals surface area (Å²) in [5.41, 5.74) is -0.827. The predicted molar refractivity (Wildman–Crippen MR) is 73.8 cm³/mol. The molecule has 2 fully saturated rings. The predicted octanol–water partition coefficient (Wildman–Crippen LogP) is -0.0181. The van der Waals surface area contributed by atoms with Crippen LogP contribution in [0.4, 0.5) is 0 Å². The smallest absolute Gasteiger partial charge is 0.238 e. The maximum absolute atomic E-state index is 12.5. The van der Waals surface area contributed by atoms with E-state index in [0.717, 1.165) is 12.8 Å². The van der Waals surface area contributed by atoms with E-state index in [1.807, 2.05) is 13.8 Å². The highest BCUT2D eigenvalue weighted by Gasteiger charge is 2.58. The molecular weight excluding hydrogens is 258 g/mol. The van der Waals surface area contributed by atoms with Gasteiger partial charge in [0, 0.05) is 32.2 Å². The van der Waals surface area contributed by atoms with Gasteiger partial charge in [-0.05, 0) is 26.2 Å². The number of amides is 3. The molecule has 0 spiro atoms. The summed E-state index contributed by atoms with van der Waals surface area (Å²) < 4.78 is 0. The zero-order valence-electron chi connectivity index (χ0n) is 12.2. The van der Waals surface area contributed by atoms with Crippen LogP contribution < -0.4 is 5.32 Å². The van der Waals surface area contributed by atoms with Gasteiger partial charge in [-0.1, -0.05) is 6.92 Å². The van der Waals surface area contributed by atoms with E-state index >= 15 is 0 Å². The summed E-state index contributed by atoms with van der Waals surface area (Å²) in [6, 6.07) is 0.0969. The molecule has 6 nitrogen and oxygen atoms in total. The zero-order chi connectivity index (χ0) is 14.8. The minimum absolute atomic E-state index is 0.0659. The number of rotatable bonds is 5. The highest BCUT2D eigenvalue weighted by Crippen LogP contribution is 2.47. The van der Waals surface area contributed by atoms with E-state index in [2.05, 4.69) is 5.32 Å². The first-order valence-corrected chi connectivity index (χ1v) is 7.33. The number of hydrogen-bond donors (Lipinski definition) is 1. The second kappa shape index (κ2) is 5.81. The minimum atomic E-state index is -0.827. The Bertz CT molecular complexity index is 398. The van der Waals surface area contributed by atoms with Crippen molar-refractivity contribution < 1.29 is 14.4 Å². The standard InChI is InChI=1S/C14H23N3O3/c1-3-11(2)15-12(19)14(4-5-14)13(20)17-8-6-16(10-18)7-9-17/h10-11H,3-9H2,1-2H3,(H,15,19). The van der Waals surface area contributed by atoms with Crippen LogP contribution in [0.25, 0.3) is 0 Å². The molecule has 1 atom stereocenters. The third-order valence-electron chi connectivity index (χ3n) is 4.33. The molecule has 0 aromatic heterocycles. The maximum Gasteiger partial charge on any atom is 0.238 e. The third kappa shape index (κ3) is 2.78. The van der Waals surface area contributed by atoms with Crippen LogP contribution >= 0.6 is 0 Å². The van der Waals surface area contributed by atoms with Crippen LogP contribution in [-0.2, 0) is 14.4 Å². The van der Waals surface area contributed by atoms with Gasteiger partial charge in [0.25, 0.3) is 0 Å². The Morgan fingerprint density at radius 2 is 1.85 bits per heavy atom. The van der Waals surface area contributed by atoms with E-state index in [4.69, 9.17) is 0 Å². The van der Waals surface area contributed by atoms with Crippen LogP contribution in [0.3, 0.4) is 0 Å². The highest BCUT2D eigenvalue weighted by atomic mass is 16.2. The Morgan fingerprint density at radius 1 is 1.25 bits per heavy atom. The maximum atomic E-state index is 12.5. The number of nitrogens with one attached hydrogen (secondary N) is 1. The molecule has 112 valence electrons. The van der Waals surface area contributed by atoms with Crippen LogP contribution in [-0.4, -0.2) is 60.2 Å². The summed E-state index contributed by atoms with van der Waals surface area (Å²) in [7, 11) is 0. The van der Waals surface area contributed by atoms with E-state index in [1.165, 1.54) is 0 Å². The summed E-state index contributed by atoms with van der Waals surface area (Å²) in [4.78, 5) is 38.9. The Kier molecular flexibility index (Phi) is 4.30. The van der Waals surface area contributed by atoms with Gasteiger partial charge in [-0.25, -0.2) is 0 Å². The van der Waals surface area contributed by atoms with Crippen molar-refractivity contribution >= 4 is 18.2 Å². The molecule has 1 aliphatic carbocycles. The van der Waals surface area contributed by atoms with Crippen LogP contribution in [0.2, 0.25) is 0 Å². The first kappa shape index (κ1) is 14.8. The lowest BCUT2D eigenvalue weighted by Gasteiger charge is -2.34. The van der Waals surface area contributed by atoms with Gasteiger partial charge >= 0.3 is 0 Å². The van der Waals surface area contributed by atoms with Gasteiger partial charge in [0.05, 0.1) is 0 Å². The van der Waals surface area contributed by atoms with Gasteiger partial charge < -0.3 is 15.1 Å². The van der Waals surface area contributed by atoms with Crippen molar-refractivity contribution in [1.29, 1.82) is 0 Å². The third-order valence-corrected chi connectivity index (χ3v) is 4.33. The SMILES string of the molecule is CCC(C)NC(=O)C1(C(=O)N2CCN(C=O)CC2)CC1. The average molecular weight is 281 g/mol. The molecule has 1 saturated carbocycles. The number of carbonyl (C=O) groups is 3. The van der Waals surface area contributed by atoms with Crippen molar-refractivity contribution in [3.05, 3.63) is 0 Å². The largest absolute Gasteiger partial charge is 0.353 e. The molecular formula is C14H23N3O3. The molecule has 1 N–H and O–H groups in total. The summed E-state index contributed by atoms with van der Waals surface area (Å²) in [5, 5.41) is 2.92. The quantitative estimate of drug-likeness (QED) is 0.569. The molecule has 20 heavy (non-hydrogen) atoms. The number of hydrogen-bond acceptors (Lipinski definition) is 3. The van der Waals surface area contributed by atoms with Crippen LogP contribution in [0.1, 0.15) is 33.1 Å². The molecule has 0 aromatic carbocycles. The summed E-state index contributed by atoms with van der Waals surface area (Å²) in [6.07, 6.45) is 2.95. The van der Waals surface area contributed by atoms with Crippen LogP contribution in [0.15, 0.2) is 0 Å². The topological polar surface area (TPSA) is 69.7 Å². The summed E-state index contributed by atoms with van der Waals surface area (Å²) >= 11 is 0. The second-order valence-corrected chi connectivity index (χ2v) is 5.80. The molecule has 0 aromatic rings. The lowest BCUT2D eigenvalue weighted by molar-refractivity contribution is -0.146. The summed E-state index contributed by atoms with van der Waals surface area (Å²) in [5.74, 6) is -0.196. The molecule has 2 rings (SSSR count). The molecule has 1 unspecified atom stereocenters. The lowest BCUT2D eigenvalue weighted by atomic mass is 10.0.